The van der Waals surface area contributed by atoms with Crippen LogP contribution in [0, 0.1) is 0 Å². The van der Waals surface area contributed by atoms with E-state index < -0.39 is 11.9 Å². The quantitative estimate of drug-likeness (QED) is 0.323. The number of hydrogen-bond acceptors (Lipinski definition) is 7. The third-order valence-corrected chi connectivity index (χ3v) is 7.19. The summed E-state index contributed by atoms with van der Waals surface area (Å²) in [7, 11) is 1.34. The first kappa shape index (κ1) is 27.2. The van der Waals surface area contributed by atoms with E-state index >= 15 is 0 Å². The van der Waals surface area contributed by atoms with Crippen LogP contribution in [0.4, 0.5) is 13.2 Å². The average molecular weight is 580 g/mol. The van der Waals surface area contributed by atoms with Crippen LogP contribution in [0.3, 0.4) is 0 Å². The van der Waals surface area contributed by atoms with Gasteiger partial charge in [-0.2, -0.15) is 13.2 Å². The van der Waals surface area contributed by atoms with Gasteiger partial charge in [0.2, 0.25) is 5.89 Å². The highest BCUT2D eigenvalue weighted by atomic mass is 35.5. The molecule has 2 aromatic heterocycles. The number of nitrogens with two attached hydrogens (primary N) is 1. The molecular formula is C26H22Cl2F3N5O3. The van der Waals surface area contributed by atoms with Crippen molar-refractivity contribution in [2.45, 2.75) is 18.8 Å². The lowest BCUT2D eigenvalue weighted by Crippen LogP contribution is -2.48. The minimum atomic E-state index is -4.64. The summed E-state index contributed by atoms with van der Waals surface area (Å²) in [6.07, 6.45) is -4.64. The molecule has 4 aromatic rings. The first-order chi connectivity index (χ1) is 18.6. The van der Waals surface area contributed by atoms with E-state index in [1.165, 1.54) is 19.2 Å². The molecule has 3 heterocycles. The fourth-order valence-corrected chi connectivity index (χ4v) is 4.82. The number of hydrogen-bond donors (Lipinski definition) is 2. The number of benzene rings is 2. The van der Waals surface area contributed by atoms with Crippen LogP contribution in [-0.4, -0.2) is 47.5 Å². The van der Waals surface area contributed by atoms with E-state index in [-0.39, 0.29) is 47.1 Å². The molecule has 0 spiro atoms. The number of alkyl halides is 3. The molecular weight excluding hydrogens is 558 g/mol. The summed E-state index contributed by atoms with van der Waals surface area (Å²) in [5.41, 5.74) is 6.05. The van der Waals surface area contributed by atoms with E-state index in [1.54, 1.807) is 23.1 Å². The highest BCUT2D eigenvalue weighted by Gasteiger charge is 2.34. The summed E-state index contributed by atoms with van der Waals surface area (Å²) in [5, 5.41) is 4.52. The number of rotatable bonds is 5. The summed E-state index contributed by atoms with van der Waals surface area (Å²) in [4.78, 5) is 23.4. The smallest absolute Gasteiger partial charge is 0.433 e. The Balaban J connectivity index is 1.49. The molecule has 0 bridgehead atoms. The van der Waals surface area contributed by atoms with Gasteiger partial charge in [0.25, 0.3) is 5.91 Å². The highest BCUT2D eigenvalue weighted by molar-refractivity contribution is 6.42. The van der Waals surface area contributed by atoms with Crippen molar-refractivity contribution in [2.75, 3.05) is 26.7 Å². The van der Waals surface area contributed by atoms with Gasteiger partial charge in [-0.3, -0.25) is 4.79 Å². The summed E-state index contributed by atoms with van der Waals surface area (Å²) in [6.45, 7) is 1.16. The normalized spacial score (nSPS) is 16.1. The zero-order chi connectivity index (χ0) is 27.9. The molecule has 2 aromatic carbocycles. The predicted molar refractivity (Wildman–Crippen MR) is 140 cm³/mol. The van der Waals surface area contributed by atoms with Gasteiger partial charge in [0, 0.05) is 30.6 Å². The largest absolute Gasteiger partial charge is 0.494 e. The summed E-state index contributed by atoms with van der Waals surface area (Å²) >= 11 is 12.2. The zero-order valence-electron chi connectivity index (χ0n) is 20.5. The number of oxazole rings is 1. The lowest BCUT2D eigenvalue weighted by atomic mass is 10.0. The number of methoxy groups -OCH3 is 1. The molecule has 1 amide bonds. The molecule has 8 nitrogen and oxygen atoms in total. The third-order valence-electron chi connectivity index (χ3n) is 6.45. The monoisotopic (exact) mass is 579 g/mol. The molecule has 1 aliphatic heterocycles. The molecule has 1 fully saturated rings. The Morgan fingerprint density at radius 2 is 1.97 bits per heavy atom. The number of aromatic nitrogens is 2. The topological polar surface area (TPSA) is 107 Å². The van der Waals surface area contributed by atoms with Gasteiger partial charge in [0.15, 0.2) is 11.5 Å². The Morgan fingerprint density at radius 3 is 2.67 bits per heavy atom. The number of piperazine rings is 1. The Kier molecular flexibility index (Phi) is 7.43. The molecule has 0 radical (unpaired) electrons. The first-order valence-corrected chi connectivity index (χ1v) is 12.6. The van der Waals surface area contributed by atoms with Gasteiger partial charge in [-0.05, 0) is 42.0 Å². The van der Waals surface area contributed by atoms with E-state index in [9.17, 15) is 18.0 Å². The van der Waals surface area contributed by atoms with Crippen LogP contribution in [0.25, 0.3) is 22.4 Å². The molecule has 1 saturated heterocycles. The molecule has 1 aliphatic rings. The molecule has 204 valence electrons. The lowest BCUT2D eigenvalue weighted by Gasteiger charge is -2.33. The van der Waals surface area contributed by atoms with Crippen LogP contribution in [0.1, 0.15) is 33.5 Å². The van der Waals surface area contributed by atoms with Crippen molar-refractivity contribution >= 4 is 40.0 Å². The highest BCUT2D eigenvalue weighted by Crippen LogP contribution is 2.37. The molecule has 0 aliphatic carbocycles. The van der Waals surface area contributed by atoms with Crippen LogP contribution in [-0.2, 0) is 12.7 Å². The number of ether oxygens (including phenoxy) is 1. The Bertz CT molecular complexity index is 1560. The maximum absolute atomic E-state index is 13.6. The SMILES string of the molecule is COc1ccc(-c2nc(C(=O)N3CCN[C@H](c4ccc(Cl)c(Cl)c4)C3)c(CN)o2)c2ccc(C(F)(F)F)nc12. The maximum Gasteiger partial charge on any atom is 0.433 e. The van der Waals surface area contributed by atoms with Crippen molar-refractivity contribution in [3.05, 3.63) is 75.2 Å². The first-order valence-electron chi connectivity index (χ1n) is 11.8. The van der Waals surface area contributed by atoms with Crippen LogP contribution < -0.4 is 15.8 Å². The molecule has 5 rings (SSSR count). The van der Waals surface area contributed by atoms with Gasteiger partial charge in [-0.1, -0.05) is 29.3 Å². The Morgan fingerprint density at radius 1 is 1.18 bits per heavy atom. The summed E-state index contributed by atoms with van der Waals surface area (Å²) in [6, 6.07) is 10.3. The molecule has 13 heteroatoms. The van der Waals surface area contributed by atoms with Gasteiger partial charge >= 0.3 is 6.18 Å². The summed E-state index contributed by atoms with van der Waals surface area (Å²) < 4.78 is 51.0. The van der Waals surface area contributed by atoms with Gasteiger partial charge < -0.3 is 25.1 Å². The Labute approximate surface area is 230 Å². The van der Waals surface area contributed by atoms with Crippen molar-refractivity contribution in [2.24, 2.45) is 5.73 Å². The molecule has 0 saturated carbocycles. The van der Waals surface area contributed by atoms with Crippen molar-refractivity contribution in [1.29, 1.82) is 0 Å². The zero-order valence-corrected chi connectivity index (χ0v) is 22.0. The van der Waals surface area contributed by atoms with E-state index in [0.29, 0.717) is 40.6 Å². The maximum atomic E-state index is 13.6. The van der Waals surface area contributed by atoms with Crippen LogP contribution in [0.5, 0.6) is 5.75 Å². The molecule has 39 heavy (non-hydrogen) atoms. The number of halogens is 5. The average Bonchev–Trinajstić information content (AvgIpc) is 3.37. The fraction of sp³-hybridized carbons (Fsp3) is 0.269. The number of fused-ring (bicyclic) bond motifs is 1. The van der Waals surface area contributed by atoms with Crippen LogP contribution >= 0.6 is 23.2 Å². The minimum absolute atomic E-state index is 0.0169. The molecule has 3 N–H and O–H groups in total. The number of nitrogens with one attached hydrogen (secondary N) is 1. The van der Waals surface area contributed by atoms with E-state index in [0.717, 1.165) is 11.6 Å². The van der Waals surface area contributed by atoms with Crippen molar-refractivity contribution in [3.63, 3.8) is 0 Å². The number of amides is 1. The summed E-state index contributed by atoms with van der Waals surface area (Å²) in [5.74, 6) is -0.0455. The predicted octanol–water partition coefficient (Wildman–Crippen LogP) is 5.47. The second-order valence-corrected chi connectivity index (χ2v) is 9.65. The van der Waals surface area contributed by atoms with Crippen LogP contribution in [0.2, 0.25) is 10.0 Å². The van der Waals surface area contributed by atoms with E-state index in [1.807, 2.05) is 6.07 Å². The van der Waals surface area contributed by atoms with E-state index in [2.05, 4.69) is 15.3 Å². The number of nitrogens with zero attached hydrogens (tertiary/aromatic N) is 3. The van der Waals surface area contributed by atoms with Gasteiger partial charge in [0.05, 0.1) is 29.7 Å². The number of pyridine rings is 1. The van der Waals surface area contributed by atoms with Crippen molar-refractivity contribution in [1.82, 2.24) is 20.2 Å². The number of carbonyl (C=O) groups excluding carboxylic acids is 1. The van der Waals surface area contributed by atoms with Crippen molar-refractivity contribution < 1.29 is 27.1 Å². The van der Waals surface area contributed by atoms with E-state index in [4.69, 9.17) is 38.1 Å². The molecule has 1 atom stereocenters. The minimum Gasteiger partial charge on any atom is -0.494 e. The standard InChI is InChI=1S/C26H22Cl2F3N5O3/c1-38-19-6-3-15(14-4-7-21(26(29,30)31)34-22(14)19)24-35-23(20(11-32)39-24)25(37)36-9-8-33-18(12-36)13-2-5-16(27)17(28)10-13/h2-7,10,18,33H,8-9,11-12,32H2,1H3/t18-/m0/s1. The van der Waals surface area contributed by atoms with Gasteiger partial charge in [0.1, 0.15) is 17.0 Å². The number of carbonyl (C=O) groups is 1. The second kappa shape index (κ2) is 10.6. The molecule has 0 unspecified atom stereocenters. The fourth-order valence-electron chi connectivity index (χ4n) is 4.51. The van der Waals surface area contributed by atoms with Gasteiger partial charge in [-0.25, -0.2) is 9.97 Å². The second-order valence-electron chi connectivity index (χ2n) is 8.83. The van der Waals surface area contributed by atoms with Crippen molar-refractivity contribution in [3.8, 4) is 17.2 Å². The van der Waals surface area contributed by atoms with Crippen LogP contribution in [0.15, 0.2) is 46.9 Å². The third kappa shape index (κ3) is 5.27. The van der Waals surface area contributed by atoms with Gasteiger partial charge in [-0.15, -0.1) is 0 Å². The Hall–Kier alpha value is -3.38. The lowest BCUT2D eigenvalue weighted by molar-refractivity contribution is -0.140.